The van der Waals surface area contributed by atoms with Crippen LogP contribution in [0.4, 0.5) is 8.78 Å². The number of nitrogens with zero attached hydrogens (tertiary/aromatic N) is 3. The standard InChI is InChI=1S/C19H12BrF2N3.CO2/c1-11-7-16(12-3-2-4-14(21)8-12)19-23-18(10-25(19)24-11)15-6-5-13(20)9-17(15)22;2-1-3/h2-10H,1H3;. The van der Waals surface area contributed by atoms with Crippen molar-refractivity contribution in [3.8, 4) is 22.4 Å². The third-order valence-corrected chi connectivity index (χ3v) is 4.38. The van der Waals surface area contributed by atoms with Crippen LogP contribution >= 0.6 is 15.9 Å². The molecular formula is C20H12BrF2N3O2. The molecule has 0 spiro atoms. The summed E-state index contributed by atoms with van der Waals surface area (Å²) < 4.78 is 30.2. The van der Waals surface area contributed by atoms with Crippen molar-refractivity contribution in [1.82, 2.24) is 14.6 Å². The Morgan fingerprint density at radius 2 is 1.79 bits per heavy atom. The summed E-state index contributed by atoms with van der Waals surface area (Å²) in [5, 5.41) is 4.41. The fourth-order valence-corrected chi connectivity index (χ4v) is 3.13. The Balaban J connectivity index is 0.000000706. The maximum absolute atomic E-state index is 14.3. The lowest BCUT2D eigenvalue weighted by atomic mass is 10.1. The zero-order valence-corrected chi connectivity index (χ0v) is 16.1. The molecule has 2 aromatic carbocycles. The summed E-state index contributed by atoms with van der Waals surface area (Å²) in [5.41, 5.74) is 3.61. The molecule has 0 fully saturated rings. The van der Waals surface area contributed by atoms with Gasteiger partial charge in [0.15, 0.2) is 5.65 Å². The van der Waals surface area contributed by atoms with E-state index in [0.717, 1.165) is 11.3 Å². The Labute approximate surface area is 166 Å². The average Bonchev–Trinajstić information content (AvgIpc) is 3.05. The van der Waals surface area contributed by atoms with E-state index in [1.165, 1.54) is 18.2 Å². The molecule has 0 radical (unpaired) electrons. The molecule has 0 aliphatic rings. The highest BCUT2D eigenvalue weighted by Crippen LogP contribution is 2.29. The normalized spacial score (nSPS) is 10.3. The van der Waals surface area contributed by atoms with Crippen LogP contribution in [0, 0.1) is 18.6 Å². The molecule has 0 amide bonds. The van der Waals surface area contributed by atoms with Gasteiger partial charge in [0.05, 0.1) is 17.6 Å². The van der Waals surface area contributed by atoms with Gasteiger partial charge in [0.25, 0.3) is 0 Å². The maximum atomic E-state index is 14.3. The molecular weight excluding hydrogens is 432 g/mol. The monoisotopic (exact) mass is 443 g/mol. The molecule has 0 N–H and O–H groups in total. The molecule has 0 saturated heterocycles. The van der Waals surface area contributed by atoms with E-state index in [2.05, 4.69) is 26.0 Å². The highest BCUT2D eigenvalue weighted by Gasteiger charge is 2.14. The van der Waals surface area contributed by atoms with Crippen LogP contribution in [-0.2, 0) is 9.59 Å². The van der Waals surface area contributed by atoms with Crippen molar-refractivity contribution in [2.75, 3.05) is 0 Å². The van der Waals surface area contributed by atoms with E-state index < -0.39 is 0 Å². The molecule has 0 atom stereocenters. The summed E-state index contributed by atoms with van der Waals surface area (Å²) in [6, 6.07) is 13.0. The van der Waals surface area contributed by atoms with E-state index in [0.29, 0.717) is 26.9 Å². The Bertz CT molecular complexity index is 1200. The smallest absolute Gasteiger partial charge is 0.226 e. The van der Waals surface area contributed by atoms with Gasteiger partial charge in [0, 0.05) is 15.6 Å². The number of hydrogen-bond acceptors (Lipinski definition) is 4. The van der Waals surface area contributed by atoms with Crippen LogP contribution in [0.2, 0.25) is 0 Å². The third-order valence-electron chi connectivity index (χ3n) is 3.89. The van der Waals surface area contributed by atoms with Gasteiger partial charge in [0.2, 0.25) is 0 Å². The summed E-state index contributed by atoms with van der Waals surface area (Å²) in [6.45, 7) is 1.85. The first-order chi connectivity index (χ1) is 13.4. The minimum absolute atomic E-state index is 0.250. The van der Waals surface area contributed by atoms with Gasteiger partial charge in [-0.3, -0.25) is 0 Å². The maximum Gasteiger partial charge on any atom is 0.373 e. The lowest BCUT2D eigenvalue weighted by Gasteiger charge is -2.05. The predicted molar refractivity (Wildman–Crippen MR) is 101 cm³/mol. The second-order valence-corrected chi connectivity index (χ2v) is 6.73. The summed E-state index contributed by atoms with van der Waals surface area (Å²) in [6.07, 6.45) is 1.93. The van der Waals surface area contributed by atoms with E-state index in [1.807, 2.05) is 19.1 Å². The molecule has 2 heterocycles. The van der Waals surface area contributed by atoms with Crippen LogP contribution in [0.5, 0.6) is 0 Å². The quantitative estimate of drug-likeness (QED) is 0.445. The van der Waals surface area contributed by atoms with E-state index in [1.54, 1.807) is 28.9 Å². The second-order valence-electron chi connectivity index (χ2n) is 5.81. The number of carbonyl (C=O) groups excluding carboxylic acids is 2. The number of hydrogen-bond donors (Lipinski definition) is 0. The van der Waals surface area contributed by atoms with Gasteiger partial charge in [-0.15, -0.1) is 0 Å². The van der Waals surface area contributed by atoms with E-state index in [9.17, 15) is 8.78 Å². The zero-order chi connectivity index (χ0) is 20.3. The van der Waals surface area contributed by atoms with Crippen molar-refractivity contribution < 1.29 is 18.4 Å². The zero-order valence-electron chi connectivity index (χ0n) is 14.5. The van der Waals surface area contributed by atoms with Crippen molar-refractivity contribution in [1.29, 1.82) is 0 Å². The van der Waals surface area contributed by atoms with Crippen LogP contribution in [0.15, 0.2) is 59.2 Å². The molecule has 4 rings (SSSR count). The molecule has 4 aromatic rings. The summed E-state index contributed by atoms with van der Waals surface area (Å²) in [4.78, 5) is 20.8. The first-order valence-corrected chi connectivity index (χ1v) is 8.80. The number of aryl methyl sites for hydroxylation is 1. The van der Waals surface area contributed by atoms with Gasteiger partial charge in [0.1, 0.15) is 11.6 Å². The fourth-order valence-electron chi connectivity index (χ4n) is 2.80. The first-order valence-electron chi connectivity index (χ1n) is 8.00. The molecule has 0 aliphatic carbocycles. The molecule has 140 valence electrons. The van der Waals surface area contributed by atoms with Crippen molar-refractivity contribution in [3.05, 3.63) is 76.5 Å². The Kier molecular flexibility index (Phi) is 5.73. The van der Waals surface area contributed by atoms with Crippen LogP contribution in [-0.4, -0.2) is 20.7 Å². The Morgan fingerprint density at radius 3 is 2.46 bits per heavy atom. The summed E-state index contributed by atoms with van der Waals surface area (Å²) in [7, 11) is 0. The Morgan fingerprint density at radius 1 is 1.04 bits per heavy atom. The minimum Gasteiger partial charge on any atom is -0.226 e. The van der Waals surface area contributed by atoms with Crippen molar-refractivity contribution >= 4 is 27.7 Å². The van der Waals surface area contributed by atoms with Crippen LogP contribution in [0.3, 0.4) is 0 Å². The van der Waals surface area contributed by atoms with Gasteiger partial charge in [-0.2, -0.15) is 14.7 Å². The molecule has 28 heavy (non-hydrogen) atoms. The van der Waals surface area contributed by atoms with E-state index in [4.69, 9.17) is 9.59 Å². The lowest BCUT2D eigenvalue weighted by molar-refractivity contribution is -0.191. The Hall–Kier alpha value is -3.22. The SMILES string of the molecule is Cc1cc(-c2cccc(F)c2)c2nc(-c3ccc(Br)cc3F)cn2n1.O=C=O. The largest absolute Gasteiger partial charge is 0.373 e. The number of rotatable bonds is 2. The molecule has 8 heteroatoms. The van der Waals surface area contributed by atoms with Gasteiger partial charge in [-0.1, -0.05) is 28.1 Å². The number of benzene rings is 2. The second kappa shape index (κ2) is 8.21. The van der Waals surface area contributed by atoms with Crippen molar-refractivity contribution in [2.24, 2.45) is 0 Å². The molecule has 0 saturated carbocycles. The number of aromatic nitrogens is 3. The van der Waals surface area contributed by atoms with Gasteiger partial charge >= 0.3 is 6.15 Å². The van der Waals surface area contributed by atoms with Crippen molar-refractivity contribution in [3.63, 3.8) is 0 Å². The molecule has 0 unspecified atom stereocenters. The van der Waals surface area contributed by atoms with E-state index in [-0.39, 0.29) is 17.8 Å². The molecule has 5 nitrogen and oxygen atoms in total. The predicted octanol–water partition coefficient (Wildman–Crippen LogP) is 4.83. The summed E-state index contributed by atoms with van der Waals surface area (Å²) in [5.74, 6) is -0.697. The van der Waals surface area contributed by atoms with Crippen LogP contribution < -0.4 is 0 Å². The minimum atomic E-state index is -0.373. The molecule has 2 aromatic heterocycles. The highest BCUT2D eigenvalue weighted by atomic mass is 79.9. The summed E-state index contributed by atoms with van der Waals surface area (Å²) >= 11 is 3.25. The number of halogens is 3. The van der Waals surface area contributed by atoms with Crippen LogP contribution in [0.1, 0.15) is 5.69 Å². The molecule has 0 bridgehead atoms. The number of fused-ring (bicyclic) bond motifs is 1. The fraction of sp³-hybridized carbons (Fsp3) is 0.0500. The third kappa shape index (κ3) is 4.03. The molecule has 0 aliphatic heterocycles. The average molecular weight is 444 g/mol. The van der Waals surface area contributed by atoms with Gasteiger partial charge in [-0.25, -0.2) is 18.3 Å². The topological polar surface area (TPSA) is 64.3 Å². The first kappa shape index (κ1) is 19.5. The number of imidazole rings is 1. The highest BCUT2D eigenvalue weighted by molar-refractivity contribution is 9.10. The van der Waals surface area contributed by atoms with Crippen molar-refractivity contribution in [2.45, 2.75) is 6.92 Å². The lowest BCUT2D eigenvalue weighted by Crippen LogP contribution is -1.96. The van der Waals surface area contributed by atoms with Gasteiger partial charge < -0.3 is 0 Å². The van der Waals surface area contributed by atoms with Gasteiger partial charge in [-0.05, 0) is 48.9 Å². The van der Waals surface area contributed by atoms with E-state index >= 15 is 0 Å². The van der Waals surface area contributed by atoms with Crippen LogP contribution in [0.25, 0.3) is 28.0 Å².